The number of rotatable bonds is 6. The molecule has 0 bridgehead atoms. The molecule has 1 aromatic carbocycles. The SMILES string of the molecule is O=C(/C=C/c1ccc([N+](=O)[O-])c(O)c1)OC(CS(=O)(=O)O)(C(F)(F)F)C(F)(F)F. The summed E-state index contributed by atoms with van der Waals surface area (Å²) in [6, 6.07) is 2.29. The number of esters is 1. The van der Waals surface area contributed by atoms with Gasteiger partial charge in [0.05, 0.1) is 4.92 Å². The number of benzene rings is 1. The highest BCUT2D eigenvalue weighted by molar-refractivity contribution is 7.85. The van der Waals surface area contributed by atoms with Gasteiger partial charge in [0.1, 0.15) is 5.75 Å². The second-order valence-electron chi connectivity index (χ2n) is 5.31. The Labute approximate surface area is 157 Å². The molecule has 29 heavy (non-hydrogen) atoms. The highest BCUT2D eigenvalue weighted by Gasteiger charge is 2.75. The maximum Gasteiger partial charge on any atom is 0.438 e. The van der Waals surface area contributed by atoms with Gasteiger partial charge in [0.2, 0.25) is 0 Å². The fourth-order valence-corrected chi connectivity index (χ4v) is 2.79. The van der Waals surface area contributed by atoms with Crippen LogP contribution in [0.1, 0.15) is 5.56 Å². The zero-order valence-corrected chi connectivity index (χ0v) is 14.4. The van der Waals surface area contributed by atoms with E-state index in [1.165, 1.54) is 0 Å². The number of phenols is 1. The van der Waals surface area contributed by atoms with Gasteiger partial charge in [0.25, 0.3) is 10.1 Å². The average Bonchev–Trinajstić information content (AvgIpc) is 2.48. The third-order valence-electron chi connectivity index (χ3n) is 3.18. The standard InChI is InChI=1S/C13H9F6NO8S/c14-12(15,16)11(13(17,18)19,6-29(25,26)27)28-10(22)4-2-7-1-3-8(20(23)24)9(21)5-7/h1-5,21H,6H2,(H,25,26,27)/b4-2+. The van der Waals surface area contributed by atoms with Gasteiger partial charge >= 0.3 is 29.6 Å². The minimum Gasteiger partial charge on any atom is -0.502 e. The van der Waals surface area contributed by atoms with E-state index < -0.39 is 56.2 Å². The van der Waals surface area contributed by atoms with Crippen molar-refractivity contribution < 1.29 is 58.9 Å². The van der Waals surface area contributed by atoms with Crippen LogP contribution in [-0.2, 0) is 19.6 Å². The first-order chi connectivity index (χ1) is 12.9. The molecule has 0 heterocycles. The van der Waals surface area contributed by atoms with Crippen molar-refractivity contribution in [2.45, 2.75) is 18.0 Å². The topological polar surface area (TPSA) is 144 Å². The van der Waals surface area contributed by atoms with Gasteiger partial charge in [-0.1, -0.05) is 0 Å². The van der Waals surface area contributed by atoms with Gasteiger partial charge in [-0.15, -0.1) is 0 Å². The summed E-state index contributed by atoms with van der Waals surface area (Å²) in [5.74, 6) is -6.26. The fourth-order valence-electron chi connectivity index (χ4n) is 1.89. The molecule has 162 valence electrons. The van der Waals surface area contributed by atoms with Crippen LogP contribution in [0, 0.1) is 10.1 Å². The molecular weight excluding hydrogens is 444 g/mol. The third-order valence-corrected chi connectivity index (χ3v) is 3.96. The number of nitro groups is 1. The van der Waals surface area contributed by atoms with E-state index in [1.54, 1.807) is 0 Å². The molecule has 0 fully saturated rings. The summed E-state index contributed by atoms with van der Waals surface area (Å²) in [6.07, 6.45) is -12.4. The number of carbonyl (C=O) groups is 1. The molecule has 0 aromatic heterocycles. The number of nitro benzene ring substituents is 1. The lowest BCUT2D eigenvalue weighted by Crippen LogP contribution is -2.63. The normalized spacial score (nSPS) is 13.5. The second kappa shape index (κ2) is 7.86. The van der Waals surface area contributed by atoms with Gasteiger partial charge in [0.15, 0.2) is 5.75 Å². The number of aromatic hydroxyl groups is 1. The quantitative estimate of drug-likeness (QED) is 0.167. The lowest BCUT2D eigenvalue weighted by molar-refractivity contribution is -0.385. The predicted molar refractivity (Wildman–Crippen MR) is 81.1 cm³/mol. The van der Waals surface area contributed by atoms with Crippen LogP contribution in [0.5, 0.6) is 5.75 Å². The molecule has 0 saturated heterocycles. The Balaban J connectivity index is 3.27. The van der Waals surface area contributed by atoms with Crippen LogP contribution in [0.4, 0.5) is 32.0 Å². The molecule has 0 amide bonds. The Morgan fingerprint density at radius 3 is 2.07 bits per heavy atom. The highest BCUT2D eigenvalue weighted by Crippen LogP contribution is 2.46. The Morgan fingerprint density at radius 2 is 1.69 bits per heavy atom. The van der Waals surface area contributed by atoms with E-state index in [0.717, 1.165) is 12.1 Å². The van der Waals surface area contributed by atoms with Crippen molar-refractivity contribution in [1.29, 1.82) is 0 Å². The van der Waals surface area contributed by atoms with Gasteiger partial charge in [0, 0.05) is 12.1 Å². The van der Waals surface area contributed by atoms with Crippen LogP contribution in [0.25, 0.3) is 6.08 Å². The van der Waals surface area contributed by atoms with Gasteiger partial charge in [-0.3, -0.25) is 14.7 Å². The minimum absolute atomic E-state index is 0.0246. The monoisotopic (exact) mass is 453 g/mol. The summed E-state index contributed by atoms with van der Waals surface area (Å²) < 4.78 is 111. The van der Waals surface area contributed by atoms with E-state index in [-0.39, 0.29) is 11.6 Å². The molecule has 0 spiro atoms. The highest BCUT2D eigenvalue weighted by atomic mass is 32.2. The molecule has 16 heteroatoms. The zero-order chi connectivity index (χ0) is 22.8. The molecule has 0 atom stereocenters. The second-order valence-corrected chi connectivity index (χ2v) is 6.76. The van der Waals surface area contributed by atoms with Crippen molar-refractivity contribution in [2.75, 3.05) is 5.75 Å². The van der Waals surface area contributed by atoms with Crippen LogP contribution in [-0.4, -0.2) is 52.7 Å². The summed E-state index contributed by atoms with van der Waals surface area (Å²) in [4.78, 5) is 21.1. The molecule has 1 aromatic rings. The lowest BCUT2D eigenvalue weighted by Gasteiger charge is -2.35. The van der Waals surface area contributed by atoms with Crippen LogP contribution >= 0.6 is 0 Å². The summed E-state index contributed by atoms with van der Waals surface area (Å²) in [5, 5.41) is 19.9. The van der Waals surface area contributed by atoms with Crippen molar-refractivity contribution in [3.05, 3.63) is 40.0 Å². The van der Waals surface area contributed by atoms with Crippen LogP contribution < -0.4 is 0 Å². The number of carbonyl (C=O) groups excluding carboxylic acids is 1. The first-order valence-electron chi connectivity index (χ1n) is 6.87. The Morgan fingerprint density at radius 1 is 1.17 bits per heavy atom. The van der Waals surface area contributed by atoms with E-state index in [4.69, 9.17) is 4.55 Å². The van der Waals surface area contributed by atoms with Crippen molar-refractivity contribution in [3.63, 3.8) is 0 Å². The van der Waals surface area contributed by atoms with Gasteiger partial charge in [-0.05, 0) is 23.8 Å². The largest absolute Gasteiger partial charge is 0.502 e. The van der Waals surface area contributed by atoms with Crippen LogP contribution in [0.2, 0.25) is 0 Å². The number of alkyl halides is 6. The Kier molecular flexibility index (Phi) is 6.55. The third kappa shape index (κ3) is 5.80. The molecule has 0 unspecified atom stereocenters. The maximum atomic E-state index is 13.0. The molecule has 0 aliphatic heterocycles. The van der Waals surface area contributed by atoms with E-state index in [1.807, 2.05) is 0 Å². The molecule has 0 aliphatic carbocycles. The number of hydrogen-bond donors (Lipinski definition) is 2. The molecule has 0 saturated carbocycles. The summed E-state index contributed by atoms with van der Waals surface area (Å²) in [5.41, 5.74) is -6.59. The smallest absolute Gasteiger partial charge is 0.438 e. The summed E-state index contributed by atoms with van der Waals surface area (Å²) in [6.45, 7) is 0. The van der Waals surface area contributed by atoms with Crippen molar-refractivity contribution >= 4 is 27.9 Å². The van der Waals surface area contributed by atoms with Gasteiger partial charge in [-0.25, -0.2) is 4.79 Å². The predicted octanol–water partition coefficient (Wildman–Crippen LogP) is 2.61. The van der Waals surface area contributed by atoms with E-state index in [9.17, 15) is 54.8 Å². The first-order valence-corrected chi connectivity index (χ1v) is 8.47. The van der Waals surface area contributed by atoms with Crippen molar-refractivity contribution in [3.8, 4) is 5.75 Å². The Hall–Kier alpha value is -2.88. The maximum absolute atomic E-state index is 13.0. The molecule has 0 aliphatic rings. The first kappa shape index (κ1) is 24.2. The molecule has 1 rings (SSSR count). The van der Waals surface area contributed by atoms with Crippen LogP contribution in [0.15, 0.2) is 24.3 Å². The molecule has 2 N–H and O–H groups in total. The Bertz CT molecular complexity index is 924. The number of phenolic OH excluding ortho intramolecular Hbond substituents is 1. The number of hydrogen-bond acceptors (Lipinski definition) is 7. The van der Waals surface area contributed by atoms with E-state index in [2.05, 4.69) is 4.74 Å². The van der Waals surface area contributed by atoms with Crippen molar-refractivity contribution in [2.24, 2.45) is 0 Å². The minimum atomic E-state index is -6.48. The number of ether oxygens (including phenoxy) is 1. The van der Waals surface area contributed by atoms with Gasteiger partial charge < -0.3 is 9.84 Å². The van der Waals surface area contributed by atoms with Crippen molar-refractivity contribution in [1.82, 2.24) is 0 Å². The summed E-state index contributed by atoms with van der Waals surface area (Å²) in [7, 11) is -5.92. The van der Waals surface area contributed by atoms with Crippen LogP contribution in [0.3, 0.4) is 0 Å². The average molecular weight is 453 g/mol. The number of nitrogens with zero attached hydrogens (tertiary/aromatic N) is 1. The van der Waals surface area contributed by atoms with Gasteiger partial charge in [-0.2, -0.15) is 34.8 Å². The molecular formula is C13H9F6NO8S. The lowest BCUT2D eigenvalue weighted by atomic mass is 10.1. The molecule has 0 radical (unpaired) electrons. The fraction of sp³-hybridized carbons (Fsp3) is 0.308. The zero-order valence-electron chi connectivity index (χ0n) is 13.6. The van der Waals surface area contributed by atoms with E-state index >= 15 is 0 Å². The van der Waals surface area contributed by atoms with E-state index in [0.29, 0.717) is 12.1 Å². The molecule has 9 nitrogen and oxygen atoms in total. The summed E-state index contributed by atoms with van der Waals surface area (Å²) >= 11 is 0. The number of halogens is 6.